The van der Waals surface area contributed by atoms with Gasteiger partial charge in [0.25, 0.3) is 0 Å². The first kappa shape index (κ1) is 20.1. The molecule has 1 saturated carbocycles. The number of sulfonamides is 1. The Bertz CT molecular complexity index is 863. The molecule has 2 aromatic carbocycles. The van der Waals surface area contributed by atoms with Crippen molar-refractivity contribution >= 4 is 27.7 Å². The molecule has 2 atom stereocenters. The quantitative estimate of drug-likeness (QED) is 0.627. The van der Waals surface area contributed by atoms with Gasteiger partial charge in [-0.1, -0.05) is 73.9 Å². The van der Waals surface area contributed by atoms with E-state index < -0.39 is 10.0 Å². The predicted molar refractivity (Wildman–Crippen MR) is 112 cm³/mol. The Morgan fingerprint density at radius 2 is 1.70 bits per heavy atom. The third-order valence-corrected chi connectivity index (χ3v) is 7.41. The summed E-state index contributed by atoms with van der Waals surface area (Å²) in [7, 11) is -3.58. The molecule has 5 heteroatoms. The normalized spacial score (nSPS) is 21.0. The van der Waals surface area contributed by atoms with Gasteiger partial charge in [-0.3, -0.25) is 0 Å². The Balaban J connectivity index is 1.89. The van der Waals surface area contributed by atoms with Gasteiger partial charge < -0.3 is 0 Å². The Labute approximate surface area is 167 Å². The lowest BCUT2D eigenvalue weighted by atomic mass is 9.86. The number of hydrogen-bond donors (Lipinski definition) is 0. The van der Waals surface area contributed by atoms with Crippen LogP contribution in [0.4, 0.5) is 0 Å². The van der Waals surface area contributed by atoms with Crippen LogP contribution >= 0.6 is 11.6 Å². The number of halogens is 1. The van der Waals surface area contributed by atoms with E-state index in [1.807, 2.05) is 42.5 Å². The van der Waals surface area contributed by atoms with Crippen LogP contribution in [0.3, 0.4) is 0 Å². The van der Waals surface area contributed by atoms with E-state index >= 15 is 0 Å². The highest BCUT2D eigenvalue weighted by Gasteiger charge is 2.35. The summed E-state index contributed by atoms with van der Waals surface area (Å²) in [4.78, 5) is 0.304. The van der Waals surface area contributed by atoms with Gasteiger partial charge in [-0.05, 0) is 48.6 Å². The van der Waals surface area contributed by atoms with Gasteiger partial charge in [-0.2, -0.15) is 4.31 Å². The van der Waals surface area contributed by atoms with Crippen molar-refractivity contribution < 1.29 is 8.42 Å². The van der Waals surface area contributed by atoms with Gasteiger partial charge in [0, 0.05) is 17.6 Å². The third kappa shape index (κ3) is 5.01. The minimum atomic E-state index is -3.58. The first-order valence-electron chi connectivity index (χ1n) is 9.47. The highest BCUT2D eigenvalue weighted by molar-refractivity contribution is 7.89. The first-order valence-corrected chi connectivity index (χ1v) is 11.3. The summed E-state index contributed by atoms with van der Waals surface area (Å²) >= 11 is 5.95. The van der Waals surface area contributed by atoms with Crippen LogP contribution in [0.5, 0.6) is 0 Å². The lowest BCUT2D eigenvalue weighted by Crippen LogP contribution is -2.45. The Hall–Kier alpha value is -1.62. The number of benzene rings is 2. The molecule has 27 heavy (non-hydrogen) atoms. The molecule has 0 saturated heterocycles. The Morgan fingerprint density at radius 3 is 2.37 bits per heavy atom. The molecule has 0 N–H and O–H groups in total. The molecule has 0 heterocycles. The topological polar surface area (TPSA) is 37.4 Å². The standard InChI is InChI=1S/C22H26ClNO2S/c1-18-8-5-6-12-22(18)24(17-7-11-19-9-3-2-4-10-19)27(25,26)21-15-13-20(23)14-16-21/h2-4,7,9-11,13-16,18,22H,5-6,8,12,17H2,1H3. The molecule has 3 rings (SSSR count). The maximum atomic E-state index is 13.4. The summed E-state index contributed by atoms with van der Waals surface area (Å²) in [6.45, 7) is 2.53. The lowest BCUT2D eigenvalue weighted by molar-refractivity contribution is 0.201. The summed E-state index contributed by atoms with van der Waals surface area (Å²) in [6.07, 6.45) is 8.16. The van der Waals surface area contributed by atoms with Gasteiger partial charge in [-0.15, -0.1) is 0 Å². The van der Waals surface area contributed by atoms with E-state index in [2.05, 4.69) is 6.92 Å². The van der Waals surface area contributed by atoms with E-state index in [4.69, 9.17) is 11.6 Å². The molecule has 2 aromatic rings. The maximum absolute atomic E-state index is 13.4. The molecule has 1 aliphatic rings. The van der Waals surface area contributed by atoms with Crippen molar-refractivity contribution in [1.82, 2.24) is 4.31 Å². The van der Waals surface area contributed by atoms with Gasteiger partial charge in [0.15, 0.2) is 0 Å². The highest BCUT2D eigenvalue weighted by atomic mass is 35.5. The van der Waals surface area contributed by atoms with E-state index in [1.54, 1.807) is 28.6 Å². The van der Waals surface area contributed by atoms with Crippen LogP contribution in [-0.2, 0) is 10.0 Å². The van der Waals surface area contributed by atoms with Crippen LogP contribution in [0, 0.1) is 5.92 Å². The minimum absolute atomic E-state index is 0.0276. The van der Waals surface area contributed by atoms with Gasteiger partial charge >= 0.3 is 0 Å². The molecule has 0 spiro atoms. The van der Waals surface area contributed by atoms with Crippen molar-refractivity contribution in [3.63, 3.8) is 0 Å². The van der Waals surface area contributed by atoms with Gasteiger partial charge in [0.1, 0.15) is 0 Å². The summed E-state index contributed by atoms with van der Waals surface area (Å²) < 4.78 is 28.4. The van der Waals surface area contributed by atoms with Crippen molar-refractivity contribution in [2.24, 2.45) is 5.92 Å². The monoisotopic (exact) mass is 403 g/mol. The highest BCUT2D eigenvalue weighted by Crippen LogP contribution is 2.32. The molecule has 2 unspecified atom stereocenters. The van der Waals surface area contributed by atoms with Crippen LogP contribution in [0.2, 0.25) is 5.02 Å². The van der Waals surface area contributed by atoms with E-state index in [0.717, 1.165) is 24.8 Å². The molecule has 0 aliphatic heterocycles. The van der Waals surface area contributed by atoms with E-state index in [1.165, 1.54) is 6.42 Å². The molecule has 0 radical (unpaired) electrons. The van der Waals surface area contributed by atoms with Crippen LogP contribution in [0.15, 0.2) is 65.6 Å². The molecule has 144 valence electrons. The second kappa shape index (κ2) is 9.05. The average Bonchev–Trinajstić information content (AvgIpc) is 2.67. The molecule has 3 nitrogen and oxygen atoms in total. The molecule has 1 aliphatic carbocycles. The second-order valence-electron chi connectivity index (χ2n) is 7.17. The second-order valence-corrected chi connectivity index (χ2v) is 9.50. The van der Waals surface area contributed by atoms with Crippen LogP contribution in [0.25, 0.3) is 6.08 Å². The third-order valence-electron chi connectivity index (χ3n) is 5.25. The first-order chi connectivity index (χ1) is 13.0. The fourth-order valence-corrected chi connectivity index (χ4v) is 5.56. The molecule has 0 bridgehead atoms. The van der Waals surface area contributed by atoms with Crippen LogP contribution < -0.4 is 0 Å². The maximum Gasteiger partial charge on any atom is 0.243 e. The number of hydrogen-bond acceptors (Lipinski definition) is 2. The smallest absolute Gasteiger partial charge is 0.207 e. The summed E-state index contributed by atoms with van der Waals surface area (Å²) in [5.41, 5.74) is 1.07. The minimum Gasteiger partial charge on any atom is -0.207 e. The number of nitrogens with zero attached hydrogens (tertiary/aromatic N) is 1. The fraction of sp³-hybridized carbons (Fsp3) is 0.364. The molecular formula is C22H26ClNO2S. The molecule has 1 fully saturated rings. The van der Waals surface area contributed by atoms with Crippen LogP contribution in [-0.4, -0.2) is 25.3 Å². The lowest BCUT2D eigenvalue weighted by Gasteiger charge is -2.37. The van der Waals surface area contributed by atoms with E-state index in [9.17, 15) is 8.42 Å². The van der Waals surface area contributed by atoms with E-state index in [-0.39, 0.29) is 6.04 Å². The van der Waals surface area contributed by atoms with Crippen LogP contribution in [0.1, 0.15) is 38.2 Å². The Kier molecular flexibility index (Phi) is 6.74. The SMILES string of the molecule is CC1CCCCC1N(CC=Cc1ccccc1)S(=O)(=O)c1ccc(Cl)cc1. The fourth-order valence-electron chi connectivity index (χ4n) is 3.74. The molecule has 0 amide bonds. The predicted octanol–water partition coefficient (Wildman–Crippen LogP) is 5.62. The molecule has 0 aromatic heterocycles. The van der Waals surface area contributed by atoms with Crippen molar-refractivity contribution in [3.05, 3.63) is 71.3 Å². The summed E-state index contributed by atoms with van der Waals surface area (Å²) in [5.74, 6) is 0.353. The van der Waals surface area contributed by atoms with Gasteiger partial charge in [-0.25, -0.2) is 8.42 Å². The van der Waals surface area contributed by atoms with Gasteiger partial charge in [0.2, 0.25) is 10.0 Å². The zero-order chi connectivity index (χ0) is 19.3. The summed E-state index contributed by atoms with van der Waals surface area (Å²) in [6, 6.07) is 16.4. The zero-order valence-electron chi connectivity index (χ0n) is 15.6. The van der Waals surface area contributed by atoms with Crippen molar-refractivity contribution in [2.45, 2.75) is 43.5 Å². The average molecular weight is 404 g/mol. The van der Waals surface area contributed by atoms with Crippen molar-refractivity contribution in [3.8, 4) is 0 Å². The van der Waals surface area contributed by atoms with E-state index in [0.29, 0.717) is 22.4 Å². The zero-order valence-corrected chi connectivity index (χ0v) is 17.2. The largest absolute Gasteiger partial charge is 0.243 e. The van der Waals surface area contributed by atoms with Crippen molar-refractivity contribution in [2.75, 3.05) is 6.54 Å². The Morgan fingerprint density at radius 1 is 1.04 bits per heavy atom. The van der Waals surface area contributed by atoms with Gasteiger partial charge in [0.05, 0.1) is 4.90 Å². The number of rotatable bonds is 6. The molecular weight excluding hydrogens is 378 g/mol. The van der Waals surface area contributed by atoms with Crippen molar-refractivity contribution in [1.29, 1.82) is 0 Å². The summed E-state index contributed by atoms with van der Waals surface area (Å²) in [5, 5.41) is 0.538.